The summed E-state index contributed by atoms with van der Waals surface area (Å²) in [7, 11) is -2.18. The fourth-order valence-corrected chi connectivity index (χ4v) is 4.23. The van der Waals surface area contributed by atoms with E-state index in [1.54, 1.807) is 6.07 Å². The molecule has 134 valence electrons. The van der Waals surface area contributed by atoms with Crippen LogP contribution in [0, 0.1) is 5.82 Å². The lowest BCUT2D eigenvalue weighted by Gasteiger charge is -2.17. The number of halogens is 1. The second kappa shape index (κ2) is 7.32. The number of hydrogen-bond donors (Lipinski definition) is 0. The zero-order valence-electron chi connectivity index (χ0n) is 13.6. The van der Waals surface area contributed by atoms with Gasteiger partial charge in [-0.3, -0.25) is 0 Å². The Morgan fingerprint density at radius 3 is 2.68 bits per heavy atom. The molecule has 1 aliphatic rings. The van der Waals surface area contributed by atoms with Gasteiger partial charge in [-0.05, 0) is 12.5 Å². The molecular weight excluding hydrogens is 349 g/mol. The molecular formula is C16H18FN3O4S. The standard InChI is InChI=1S/C16H18FN3O4S/c1-23-15-16(19-8-7-18-15)24-13-6-9-20(10-13)25(21,22)11-12-4-2-3-5-14(12)17/h2-5,7-8,13H,6,9-11H2,1H3. The molecule has 1 fully saturated rings. The monoisotopic (exact) mass is 367 g/mol. The van der Waals surface area contributed by atoms with Crippen LogP contribution in [0.5, 0.6) is 11.8 Å². The molecule has 7 nitrogen and oxygen atoms in total. The average molecular weight is 367 g/mol. The van der Waals surface area contributed by atoms with E-state index in [1.807, 2.05) is 0 Å². The van der Waals surface area contributed by atoms with Gasteiger partial charge in [0.25, 0.3) is 11.8 Å². The van der Waals surface area contributed by atoms with Crippen molar-refractivity contribution in [1.29, 1.82) is 0 Å². The maximum atomic E-state index is 13.7. The van der Waals surface area contributed by atoms with E-state index in [4.69, 9.17) is 9.47 Å². The van der Waals surface area contributed by atoms with Crippen molar-refractivity contribution in [3.8, 4) is 11.8 Å². The van der Waals surface area contributed by atoms with E-state index >= 15 is 0 Å². The molecule has 1 aromatic heterocycles. The summed E-state index contributed by atoms with van der Waals surface area (Å²) in [5.74, 6) is -0.429. The van der Waals surface area contributed by atoms with Crippen LogP contribution in [0.15, 0.2) is 36.7 Å². The Hall–Kier alpha value is -2.26. The van der Waals surface area contributed by atoms with Crippen molar-refractivity contribution in [2.45, 2.75) is 18.3 Å². The third-order valence-corrected chi connectivity index (χ3v) is 5.70. The number of benzene rings is 1. The first kappa shape index (κ1) is 17.6. The number of hydrogen-bond acceptors (Lipinski definition) is 6. The van der Waals surface area contributed by atoms with Gasteiger partial charge in [-0.15, -0.1) is 0 Å². The van der Waals surface area contributed by atoms with Gasteiger partial charge >= 0.3 is 0 Å². The van der Waals surface area contributed by atoms with Crippen molar-refractivity contribution < 1.29 is 22.3 Å². The van der Waals surface area contributed by atoms with Crippen LogP contribution in [-0.2, 0) is 15.8 Å². The van der Waals surface area contributed by atoms with Crippen LogP contribution in [-0.4, -0.2) is 49.0 Å². The summed E-state index contributed by atoms with van der Waals surface area (Å²) in [5.41, 5.74) is 0.155. The summed E-state index contributed by atoms with van der Waals surface area (Å²) in [6, 6.07) is 5.87. The number of aromatic nitrogens is 2. The first-order valence-corrected chi connectivity index (χ1v) is 9.33. The Labute approximate surface area is 145 Å². The Morgan fingerprint density at radius 1 is 1.24 bits per heavy atom. The average Bonchev–Trinajstić information content (AvgIpc) is 3.07. The van der Waals surface area contributed by atoms with Crippen LogP contribution in [0.1, 0.15) is 12.0 Å². The minimum Gasteiger partial charge on any atom is -0.477 e. The van der Waals surface area contributed by atoms with Crippen LogP contribution < -0.4 is 9.47 Å². The fraction of sp³-hybridized carbons (Fsp3) is 0.375. The molecule has 1 aromatic carbocycles. The topological polar surface area (TPSA) is 81.6 Å². The van der Waals surface area contributed by atoms with Crippen LogP contribution >= 0.6 is 0 Å². The van der Waals surface area contributed by atoms with Gasteiger partial charge in [-0.2, -0.15) is 4.31 Å². The van der Waals surface area contributed by atoms with Crippen molar-refractivity contribution in [3.63, 3.8) is 0 Å². The molecule has 1 aliphatic heterocycles. The molecule has 0 aliphatic carbocycles. The summed E-state index contributed by atoms with van der Waals surface area (Å²) in [6.45, 7) is 0.487. The molecule has 2 heterocycles. The molecule has 0 bridgehead atoms. The highest BCUT2D eigenvalue weighted by molar-refractivity contribution is 7.88. The van der Waals surface area contributed by atoms with Gasteiger partial charge in [0.1, 0.15) is 11.9 Å². The molecule has 3 rings (SSSR count). The fourth-order valence-electron chi connectivity index (χ4n) is 2.64. The highest BCUT2D eigenvalue weighted by Gasteiger charge is 2.33. The lowest BCUT2D eigenvalue weighted by atomic mass is 10.2. The van der Waals surface area contributed by atoms with Crippen molar-refractivity contribution in [2.75, 3.05) is 20.2 Å². The van der Waals surface area contributed by atoms with E-state index < -0.39 is 15.8 Å². The van der Waals surface area contributed by atoms with E-state index in [1.165, 1.54) is 42.0 Å². The summed E-state index contributed by atoms with van der Waals surface area (Å²) in [6.07, 6.45) is 3.10. The normalized spacial score (nSPS) is 18.2. The second-order valence-corrected chi connectivity index (χ2v) is 7.57. The van der Waals surface area contributed by atoms with Crippen LogP contribution in [0.4, 0.5) is 4.39 Å². The van der Waals surface area contributed by atoms with Gasteiger partial charge in [-0.25, -0.2) is 22.8 Å². The highest BCUT2D eigenvalue weighted by Crippen LogP contribution is 2.25. The Bertz CT molecular complexity index is 847. The van der Waals surface area contributed by atoms with Gasteiger partial charge in [0.2, 0.25) is 10.0 Å². The van der Waals surface area contributed by atoms with Crippen molar-refractivity contribution in [2.24, 2.45) is 0 Å². The van der Waals surface area contributed by atoms with Gasteiger partial charge in [-0.1, -0.05) is 18.2 Å². The smallest absolute Gasteiger partial charge is 0.278 e. The van der Waals surface area contributed by atoms with Gasteiger partial charge in [0, 0.05) is 24.5 Å². The minimum atomic E-state index is -3.63. The molecule has 25 heavy (non-hydrogen) atoms. The van der Waals surface area contributed by atoms with E-state index in [-0.39, 0.29) is 35.7 Å². The lowest BCUT2D eigenvalue weighted by Crippen LogP contribution is -2.32. The third-order valence-electron chi connectivity index (χ3n) is 3.90. The number of ether oxygens (including phenoxy) is 2. The zero-order chi connectivity index (χ0) is 17.9. The maximum Gasteiger partial charge on any atom is 0.278 e. The van der Waals surface area contributed by atoms with Crippen LogP contribution in [0.2, 0.25) is 0 Å². The molecule has 0 spiro atoms. The molecule has 1 unspecified atom stereocenters. The van der Waals surface area contributed by atoms with Gasteiger partial charge in [0.15, 0.2) is 0 Å². The third kappa shape index (κ3) is 4.05. The molecule has 2 aromatic rings. The van der Waals surface area contributed by atoms with Gasteiger partial charge < -0.3 is 9.47 Å². The summed E-state index contributed by atoms with van der Waals surface area (Å²) < 4.78 is 50.9. The van der Waals surface area contributed by atoms with Crippen molar-refractivity contribution in [3.05, 3.63) is 48.0 Å². The number of methoxy groups -OCH3 is 1. The SMILES string of the molecule is COc1nccnc1OC1CCN(S(=O)(=O)Cc2ccccc2F)C1. The number of nitrogens with zero attached hydrogens (tertiary/aromatic N) is 3. The predicted molar refractivity (Wildman–Crippen MR) is 88.2 cm³/mol. The number of sulfonamides is 1. The number of rotatable bonds is 6. The van der Waals surface area contributed by atoms with E-state index in [0.717, 1.165) is 0 Å². The van der Waals surface area contributed by atoms with Crippen molar-refractivity contribution >= 4 is 10.0 Å². The molecule has 9 heteroatoms. The summed E-state index contributed by atoms with van der Waals surface area (Å²) in [4.78, 5) is 8.04. The first-order chi connectivity index (χ1) is 12.0. The van der Waals surface area contributed by atoms with Crippen LogP contribution in [0.25, 0.3) is 0 Å². The second-order valence-electron chi connectivity index (χ2n) is 5.60. The molecule has 0 saturated carbocycles. The molecule has 0 amide bonds. The largest absolute Gasteiger partial charge is 0.477 e. The summed E-state index contributed by atoms with van der Waals surface area (Å²) >= 11 is 0. The Morgan fingerprint density at radius 2 is 1.96 bits per heavy atom. The minimum absolute atomic E-state index is 0.155. The molecule has 1 atom stereocenters. The van der Waals surface area contributed by atoms with Crippen molar-refractivity contribution in [1.82, 2.24) is 14.3 Å². The Balaban J connectivity index is 1.66. The molecule has 1 saturated heterocycles. The molecule has 0 N–H and O–H groups in total. The maximum absolute atomic E-state index is 13.7. The highest BCUT2D eigenvalue weighted by atomic mass is 32.2. The Kier molecular flexibility index (Phi) is 5.14. The van der Waals surface area contributed by atoms with E-state index in [9.17, 15) is 12.8 Å². The van der Waals surface area contributed by atoms with Gasteiger partial charge in [0.05, 0.1) is 19.4 Å². The zero-order valence-corrected chi connectivity index (χ0v) is 14.4. The molecule has 0 radical (unpaired) electrons. The summed E-state index contributed by atoms with van der Waals surface area (Å²) in [5, 5.41) is 0. The first-order valence-electron chi connectivity index (χ1n) is 7.72. The predicted octanol–water partition coefficient (Wildman–Crippen LogP) is 1.61. The quantitative estimate of drug-likeness (QED) is 0.772. The van der Waals surface area contributed by atoms with Crippen LogP contribution in [0.3, 0.4) is 0 Å². The van der Waals surface area contributed by atoms with E-state index in [2.05, 4.69) is 9.97 Å². The van der Waals surface area contributed by atoms with E-state index in [0.29, 0.717) is 13.0 Å². The lowest BCUT2D eigenvalue weighted by molar-refractivity contribution is 0.194.